The summed E-state index contributed by atoms with van der Waals surface area (Å²) in [6.07, 6.45) is 6.97. The first-order chi connectivity index (χ1) is 7.75. The molecular weight excluding hydrogens is 200 g/mol. The van der Waals surface area contributed by atoms with Crippen molar-refractivity contribution in [3.8, 4) is 0 Å². The summed E-state index contributed by atoms with van der Waals surface area (Å²) >= 11 is 0. The van der Waals surface area contributed by atoms with Gasteiger partial charge in [-0.2, -0.15) is 0 Å². The molecule has 1 saturated heterocycles. The van der Waals surface area contributed by atoms with Crippen molar-refractivity contribution >= 4 is 5.91 Å². The van der Waals surface area contributed by atoms with Crippen molar-refractivity contribution in [2.75, 3.05) is 26.7 Å². The molecule has 1 amide bonds. The lowest BCUT2D eigenvalue weighted by molar-refractivity contribution is -0.135. The van der Waals surface area contributed by atoms with Crippen molar-refractivity contribution in [1.29, 1.82) is 0 Å². The van der Waals surface area contributed by atoms with Gasteiger partial charge in [0.05, 0.1) is 0 Å². The summed E-state index contributed by atoms with van der Waals surface area (Å²) in [6, 6.07) is 0. The third-order valence-electron chi connectivity index (χ3n) is 3.41. The van der Waals surface area contributed by atoms with Crippen LogP contribution in [0.5, 0.6) is 0 Å². The van der Waals surface area contributed by atoms with Gasteiger partial charge in [0.1, 0.15) is 0 Å². The van der Waals surface area contributed by atoms with Gasteiger partial charge in [0, 0.05) is 19.5 Å². The molecule has 1 aliphatic rings. The fraction of sp³-hybridized carbons (Fsp3) is 0.923. The van der Waals surface area contributed by atoms with Gasteiger partial charge in [0.2, 0.25) is 5.91 Å². The Hall–Kier alpha value is -0.570. The Labute approximate surface area is 99.6 Å². The van der Waals surface area contributed by atoms with Gasteiger partial charge in [-0.05, 0) is 32.4 Å². The molecule has 94 valence electrons. The highest BCUT2D eigenvalue weighted by molar-refractivity contribution is 5.78. The van der Waals surface area contributed by atoms with E-state index >= 15 is 0 Å². The maximum Gasteiger partial charge on any atom is 0.225 e. The maximum atomic E-state index is 12.1. The van der Waals surface area contributed by atoms with Crippen molar-refractivity contribution in [2.24, 2.45) is 5.92 Å². The van der Waals surface area contributed by atoms with Crippen LogP contribution in [-0.2, 0) is 4.79 Å². The molecule has 0 saturated carbocycles. The largest absolute Gasteiger partial charge is 0.346 e. The smallest absolute Gasteiger partial charge is 0.225 e. The van der Waals surface area contributed by atoms with Crippen LogP contribution in [0.2, 0.25) is 0 Å². The minimum atomic E-state index is 0.275. The van der Waals surface area contributed by atoms with Crippen molar-refractivity contribution in [2.45, 2.75) is 45.4 Å². The van der Waals surface area contributed by atoms with Gasteiger partial charge in [-0.3, -0.25) is 4.79 Å². The second-order valence-corrected chi connectivity index (χ2v) is 4.84. The van der Waals surface area contributed by atoms with E-state index in [1.54, 1.807) is 0 Å². The van der Waals surface area contributed by atoms with Crippen LogP contribution in [0.3, 0.4) is 0 Å². The molecule has 1 heterocycles. The molecule has 1 rings (SSSR count). The fourth-order valence-electron chi connectivity index (χ4n) is 2.27. The summed E-state index contributed by atoms with van der Waals surface area (Å²) in [5.41, 5.74) is 0. The Bertz CT molecular complexity index is 200. The highest BCUT2D eigenvalue weighted by Gasteiger charge is 2.23. The molecule has 0 bridgehead atoms. The first-order valence-electron chi connectivity index (χ1n) is 6.71. The molecule has 0 spiro atoms. The maximum absolute atomic E-state index is 12.1. The Morgan fingerprint density at radius 3 is 2.56 bits per heavy atom. The van der Waals surface area contributed by atoms with Crippen LogP contribution in [0.15, 0.2) is 0 Å². The molecule has 0 aliphatic carbocycles. The predicted molar refractivity (Wildman–Crippen MR) is 67.4 cm³/mol. The number of rotatable bonds is 6. The Morgan fingerprint density at radius 1 is 1.25 bits per heavy atom. The zero-order valence-corrected chi connectivity index (χ0v) is 10.8. The summed E-state index contributed by atoms with van der Waals surface area (Å²) in [4.78, 5) is 14.0. The lowest BCUT2D eigenvalue weighted by Crippen LogP contribution is -2.39. The molecule has 0 aromatic rings. The fourth-order valence-corrected chi connectivity index (χ4v) is 2.27. The number of nitrogens with zero attached hydrogens (tertiary/aromatic N) is 1. The standard InChI is InChI=1S/C13H26N2O/c1-3-4-5-6-11-15(2)13(16)12-7-9-14-10-8-12/h12,14H,3-11H2,1-2H3. The van der Waals surface area contributed by atoms with Crippen molar-refractivity contribution in [3.05, 3.63) is 0 Å². The van der Waals surface area contributed by atoms with E-state index in [1.165, 1.54) is 19.3 Å². The summed E-state index contributed by atoms with van der Waals surface area (Å²) in [5, 5.41) is 3.30. The van der Waals surface area contributed by atoms with E-state index in [-0.39, 0.29) is 5.92 Å². The number of amides is 1. The molecule has 16 heavy (non-hydrogen) atoms. The van der Waals surface area contributed by atoms with Gasteiger partial charge in [-0.15, -0.1) is 0 Å². The van der Waals surface area contributed by atoms with E-state index < -0.39 is 0 Å². The zero-order chi connectivity index (χ0) is 11.8. The van der Waals surface area contributed by atoms with E-state index in [4.69, 9.17) is 0 Å². The molecule has 1 fully saturated rings. The molecule has 0 atom stereocenters. The number of nitrogens with one attached hydrogen (secondary N) is 1. The molecule has 0 unspecified atom stereocenters. The number of carbonyl (C=O) groups excluding carboxylic acids is 1. The van der Waals surface area contributed by atoms with E-state index in [0.29, 0.717) is 5.91 Å². The van der Waals surface area contributed by atoms with Crippen LogP contribution in [0.4, 0.5) is 0 Å². The molecule has 3 nitrogen and oxygen atoms in total. The Morgan fingerprint density at radius 2 is 1.94 bits per heavy atom. The van der Waals surface area contributed by atoms with Crippen molar-refractivity contribution < 1.29 is 4.79 Å². The highest BCUT2D eigenvalue weighted by Crippen LogP contribution is 2.14. The third kappa shape index (κ3) is 4.52. The van der Waals surface area contributed by atoms with Gasteiger partial charge in [-0.25, -0.2) is 0 Å². The number of piperidine rings is 1. The number of hydrogen-bond acceptors (Lipinski definition) is 2. The van der Waals surface area contributed by atoms with Crippen LogP contribution in [0, 0.1) is 5.92 Å². The zero-order valence-electron chi connectivity index (χ0n) is 10.8. The van der Waals surface area contributed by atoms with Gasteiger partial charge >= 0.3 is 0 Å². The van der Waals surface area contributed by atoms with E-state index in [1.807, 2.05) is 11.9 Å². The SMILES string of the molecule is CCCCCCN(C)C(=O)C1CCNCC1. The van der Waals surface area contributed by atoms with E-state index in [9.17, 15) is 4.79 Å². The number of hydrogen-bond donors (Lipinski definition) is 1. The van der Waals surface area contributed by atoms with Crippen molar-refractivity contribution in [3.63, 3.8) is 0 Å². The van der Waals surface area contributed by atoms with Gasteiger partial charge in [-0.1, -0.05) is 26.2 Å². The average Bonchev–Trinajstić information content (AvgIpc) is 2.34. The van der Waals surface area contributed by atoms with Crippen LogP contribution >= 0.6 is 0 Å². The quantitative estimate of drug-likeness (QED) is 0.703. The van der Waals surface area contributed by atoms with E-state index in [2.05, 4.69) is 12.2 Å². The summed E-state index contributed by atoms with van der Waals surface area (Å²) in [7, 11) is 1.95. The number of carbonyl (C=O) groups is 1. The average molecular weight is 226 g/mol. The molecule has 3 heteroatoms. The van der Waals surface area contributed by atoms with Gasteiger partial charge in [0.25, 0.3) is 0 Å². The molecule has 1 N–H and O–H groups in total. The molecular formula is C13H26N2O. The normalized spacial score (nSPS) is 17.4. The molecule has 0 radical (unpaired) electrons. The summed E-state index contributed by atoms with van der Waals surface area (Å²) in [5.74, 6) is 0.635. The lowest BCUT2D eigenvalue weighted by atomic mass is 9.96. The highest BCUT2D eigenvalue weighted by atomic mass is 16.2. The van der Waals surface area contributed by atoms with Crippen molar-refractivity contribution in [1.82, 2.24) is 10.2 Å². The molecule has 0 aromatic carbocycles. The van der Waals surface area contributed by atoms with Crippen LogP contribution in [-0.4, -0.2) is 37.5 Å². The Kier molecular flexibility index (Phi) is 6.46. The van der Waals surface area contributed by atoms with Gasteiger partial charge < -0.3 is 10.2 Å². The second-order valence-electron chi connectivity index (χ2n) is 4.84. The molecule has 1 aliphatic heterocycles. The Balaban J connectivity index is 2.18. The van der Waals surface area contributed by atoms with E-state index in [0.717, 1.165) is 38.9 Å². The first kappa shape index (κ1) is 13.5. The minimum absolute atomic E-state index is 0.275. The molecule has 0 aromatic heterocycles. The number of unbranched alkanes of at least 4 members (excludes halogenated alkanes) is 3. The predicted octanol–water partition coefficient (Wildman–Crippen LogP) is 2.02. The third-order valence-corrected chi connectivity index (χ3v) is 3.41. The second kappa shape index (κ2) is 7.66. The minimum Gasteiger partial charge on any atom is -0.346 e. The van der Waals surface area contributed by atoms with Crippen LogP contribution < -0.4 is 5.32 Å². The first-order valence-corrected chi connectivity index (χ1v) is 6.71. The monoisotopic (exact) mass is 226 g/mol. The summed E-state index contributed by atoms with van der Waals surface area (Å²) < 4.78 is 0. The summed E-state index contributed by atoms with van der Waals surface area (Å²) in [6.45, 7) is 5.15. The van der Waals surface area contributed by atoms with Gasteiger partial charge in [0.15, 0.2) is 0 Å². The lowest BCUT2D eigenvalue weighted by Gasteiger charge is -2.26. The topological polar surface area (TPSA) is 32.3 Å². The van der Waals surface area contributed by atoms with Crippen LogP contribution in [0.1, 0.15) is 45.4 Å². The van der Waals surface area contributed by atoms with Crippen LogP contribution in [0.25, 0.3) is 0 Å².